The molecule has 2 aliphatic heterocycles. The summed E-state index contributed by atoms with van der Waals surface area (Å²) in [6, 6.07) is 11.3. The van der Waals surface area contributed by atoms with Crippen LogP contribution in [0.5, 0.6) is 5.75 Å². The number of nitro benzene ring substituents is 1. The zero-order valence-electron chi connectivity index (χ0n) is 16.0. The molecule has 9 nitrogen and oxygen atoms in total. The molecule has 5 unspecified atom stereocenters. The standard InChI is InChI=1S/C20H21BrN4O5/c1-30-16-6-5-11(21)8-13(16)15-9-14(20(26)27)17-18(23-24-19(17)22-15)10-3-2-4-12(7-10)25(28)29/h2-8,14-15,17-19,22-24H,9H2,1H3,(H,26,27). The summed E-state index contributed by atoms with van der Waals surface area (Å²) >= 11 is 3.47. The maximum Gasteiger partial charge on any atom is 0.307 e. The molecule has 0 aromatic heterocycles. The Labute approximate surface area is 181 Å². The molecule has 0 radical (unpaired) electrons. The lowest BCUT2D eigenvalue weighted by molar-refractivity contribution is -0.384. The second kappa shape index (κ2) is 8.31. The van der Waals surface area contributed by atoms with Crippen molar-refractivity contribution in [2.75, 3.05) is 7.11 Å². The van der Waals surface area contributed by atoms with Gasteiger partial charge in [-0.2, -0.15) is 0 Å². The number of non-ortho nitro benzene ring substituents is 1. The number of rotatable bonds is 5. The van der Waals surface area contributed by atoms with Crippen LogP contribution in [0.4, 0.5) is 5.69 Å². The summed E-state index contributed by atoms with van der Waals surface area (Å²) in [6.07, 6.45) is 0.0239. The molecule has 4 rings (SSSR count). The fourth-order valence-corrected chi connectivity index (χ4v) is 4.85. The predicted octanol–water partition coefficient (Wildman–Crippen LogP) is 2.89. The van der Waals surface area contributed by atoms with Crippen LogP contribution < -0.4 is 20.9 Å². The lowest BCUT2D eigenvalue weighted by Gasteiger charge is -2.39. The van der Waals surface area contributed by atoms with E-state index in [1.807, 2.05) is 18.2 Å². The van der Waals surface area contributed by atoms with Crippen LogP contribution in [0.1, 0.15) is 29.6 Å². The molecule has 10 heteroatoms. The number of nitrogens with zero attached hydrogens (tertiary/aromatic N) is 1. The zero-order chi connectivity index (χ0) is 21.4. The third-order valence-corrected chi connectivity index (χ3v) is 6.32. The summed E-state index contributed by atoms with van der Waals surface area (Å²) in [5.41, 5.74) is 7.81. The van der Waals surface area contributed by atoms with Gasteiger partial charge in [-0.15, -0.1) is 0 Å². The molecule has 0 amide bonds. The first-order valence-electron chi connectivity index (χ1n) is 9.46. The first kappa shape index (κ1) is 20.7. The van der Waals surface area contributed by atoms with Gasteiger partial charge in [0.25, 0.3) is 5.69 Å². The van der Waals surface area contributed by atoms with Gasteiger partial charge in [0.1, 0.15) is 5.75 Å². The molecule has 2 aromatic rings. The van der Waals surface area contributed by atoms with Crippen molar-refractivity contribution in [1.29, 1.82) is 0 Å². The molecule has 2 aromatic carbocycles. The van der Waals surface area contributed by atoms with E-state index >= 15 is 0 Å². The Balaban J connectivity index is 1.66. The smallest absolute Gasteiger partial charge is 0.307 e. The van der Waals surface area contributed by atoms with Gasteiger partial charge in [-0.25, -0.2) is 10.9 Å². The van der Waals surface area contributed by atoms with Crippen LogP contribution in [0, 0.1) is 22.0 Å². The number of hydrazine groups is 1. The van der Waals surface area contributed by atoms with E-state index in [0.29, 0.717) is 17.7 Å². The van der Waals surface area contributed by atoms with Gasteiger partial charge in [-0.3, -0.25) is 20.2 Å². The summed E-state index contributed by atoms with van der Waals surface area (Å²) in [5, 5.41) is 24.6. The van der Waals surface area contributed by atoms with Gasteiger partial charge < -0.3 is 9.84 Å². The van der Waals surface area contributed by atoms with E-state index < -0.39 is 16.8 Å². The average Bonchev–Trinajstić information content (AvgIpc) is 3.17. The van der Waals surface area contributed by atoms with Crippen LogP contribution in [0.15, 0.2) is 46.9 Å². The number of fused-ring (bicyclic) bond motifs is 1. The van der Waals surface area contributed by atoms with E-state index in [1.165, 1.54) is 12.1 Å². The lowest BCUT2D eigenvalue weighted by atomic mass is 9.74. The number of nitro groups is 1. The van der Waals surface area contributed by atoms with E-state index in [4.69, 9.17) is 4.74 Å². The third kappa shape index (κ3) is 3.79. The van der Waals surface area contributed by atoms with Gasteiger partial charge in [0.05, 0.1) is 30.2 Å². The fourth-order valence-electron chi connectivity index (χ4n) is 4.47. The molecule has 2 heterocycles. The van der Waals surface area contributed by atoms with Gasteiger partial charge in [0.2, 0.25) is 0 Å². The summed E-state index contributed by atoms with van der Waals surface area (Å²) in [4.78, 5) is 22.9. The first-order valence-corrected chi connectivity index (χ1v) is 10.3. The monoisotopic (exact) mass is 476 g/mol. The fraction of sp³-hybridized carbons (Fsp3) is 0.350. The van der Waals surface area contributed by atoms with Crippen LogP contribution in [0.2, 0.25) is 0 Å². The highest BCUT2D eigenvalue weighted by Crippen LogP contribution is 2.44. The van der Waals surface area contributed by atoms with Crippen LogP contribution >= 0.6 is 15.9 Å². The molecule has 30 heavy (non-hydrogen) atoms. The van der Waals surface area contributed by atoms with Crippen LogP contribution in [0.25, 0.3) is 0 Å². The van der Waals surface area contributed by atoms with Gasteiger partial charge in [0.15, 0.2) is 0 Å². The number of halogens is 1. The molecule has 2 saturated heterocycles. The number of aliphatic carboxylic acids is 1. The molecule has 2 fully saturated rings. The minimum absolute atomic E-state index is 0.0230. The van der Waals surface area contributed by atoms with E-state index in [1.54, 1.807) is 19.2 Å². The van der Waals surface area contributed by atoms with Crippen LogP contribution in [-0.2, 0) is 4.79 Å². The van der Waals surface area contributed by atoms with Gasteiger partial charge >= 0.3 is 5.97 Å². The van der Waals surface area contributed by atoms with Gasteiger partial charge in [0, 0.05) is 34.1 Å². The van der Waals surface area contributed by atoms with Gasteiger partial charge in [-0.1, -0.05) is 28.1 Å². The Kier molecular flexibility index (Phi) is 5.74. The van der Waals surface area contributed by atoms with Crippen LogP contribution in [-0.4, -0.2) is 29.3 Å². The molecule has 4 N–H and O–H groups in total. The van der Waals surface area contributed by atoms with Crippen molar-refractivity contribution in [2.45, 2.75) is 24.7 Å². The predicted molar refractivity (Wildman–Crippen MR) is 112 cm³/mol. The highest BCUT2D eigenvalue weighted by atomic mass is 79.9. The Bertz CT molecular complexity index is 987. The largest absolute Gasteiger partial charge is 0.496 e. The van der Waals surface area contributed by atoms with Crippen molar-refractivity contribution in [3.8, 4) is 5.75 Å². The Morgan fingerprint density at radius 1 is 1.27 bits per heavy atom. The minimum atomic E-state index is -0.897. The minimum Gasteiger partial charge on any atom is -0.496 e. The van der Waals surface area contributed by atoms with E-state index in [9.17, 15) is 20.0 Å². The van der Waals surface area contributed by atoms with Crippen molar-refractivity contribution in [1.82, 2.24) is 16.2 Å². The first-order chi connectivity index (χ1) is 14.4. The number of methoxy groups -OCH3 is 1. The Morgan fingerprint density at radius 3 is 2.77 bits per heavy atom. The van der Waals surface area contributed by atoms with E-state index in [0.717, 1.165) is 10.0 Å². The molecule has 158 valence electrons. The number of piperidine rings is 1. The number of ether oxygens (including phenoxy) is 1. The molecule has 0 aliphatic carbocycles. The molecular formula is C20H21BrN4O5. The molecule has 2 aliphatic rings. The number of hydrogen-bond donors (Lipinski definition) is 4. The topological polar surface area (TPSA) is 126 Å². The summed E-state index contributed by atoms with van der Waals surface area (Å²) in [7, 11) is 1.58. The number of benzene rings is 2. The van der Waals surface area contributed by atoms with Crippen molar-refractivity contribution in [3.05, 3.63) is 68.2 Å². The highest BCUT2D eigenvalue weighted by Gasteiger charge is 2.49. The second-order valence-electron chi connectivity index (χ2n) is 7.46. The number of carbonyl (C=O) groups is 1. The normalized spacial score (nSPS) is 28.0. The van der Waals surface area contributed by atoms with Crippen molar-refractivity contribution < 1.29 is 19.6 Å². The molecule has 0 bridgehead atoms. The SMILES string of the molecule is COc1ccc(Br)cc1C1CC(C(=O)O)C2C(NNC2c2cccc([N+](=O)[O-])c2)N1. The highest BCUT2D eigenvalue weighted by molar-refractivity contribution is 9.10. The maximum atomic E-state index is 12.2. The number of nitrogens with one attached hydrogen (secondary N) is 3. The molecule has 0 spiro atoms. The second-order valence-corrected chi connectivity index (χ2v) is 8.38. The summed E-state index contributed by atoms with van der Waals surface area (Å²) in [6.45, 7) is 0. The van der Waals surface area contributed by atoms with E-state index in [-0.39, 0.29) is 29.9 Å². The summed E-state index contributed by atoms with van der Waals surface area (Å²) < 4.78 is 6.35. The van der Waals surface area contributed by atoms with Crippen LogP contribution in [0.3, 0.4) is 0 Å². The Hall–Kier alpha value is -2.53. The quantitative estimate of drug-likeness (QED) is 0.383. The molecule has 5 atom stereocenters. The summed E-state index contributed by atoms with van der Waals surface area (Å²) in [5.74, 6) is -1.22. The number of hydrogen-bond acceptors (Lipinski definition) is 7. The van der Waals surface area contributed by atoms with Crippen molar-refractivity contribution >= 4 is 27.6 Å². The Morgan fingerprint density at radius 2 is 2.07 bits per heavy atom. The molecular weight excluding hydrogens is 456 g/mol. The van der Waals surface area contributed by atoms with Crippen molar-refractivity contribution in [3.63, 3.8) is 0 Å². The molecule has 0 saturated carbocycles. The maximum absolute atomic E-state index is 12.2. The number of carboxylic acid groups (broad SMARTS) is 1. The number of carboxylic acids is 1. The lowest BCUT2D eigenvalue weighted by Crippen LogP contribution is -2.53. The van der Waals surface area contributed by atoms with Gasteiger partial charge in [-0.05, 0) is 30.2 Å². The average molecular weight is 477 g/mol. The zero-order valence-corrected chi connectivity index (χ0v) is 17.6. The van der Waals surface area contributed by atoms with E-state index in [2.05, 4.69) is 32.1 Å². The van der Waals surface area contributed by atoms with Crippen molar-refractivity contribution in [2.24, 2.45) is 11.8 Å². The third-order valence-electron chi connectivity index (χ3n) is 5.82.